The Morgan fingerprint density at radius 2 is 1.84 bits per heavy atom. The zero-order valence-electron chi connectivity index (χ0n) is 17.8. The van der Waals surface area contributed by atoms with Gasteiger partial charge in [0.15, 0.2) is 11.6 Å². The van der Waals surface area contributed by atoms with Gasteiger partial charge in [0, 0.05) is 16.4 Å². The molecule has 0 heterocycles. The largest absolute Gasteiger partial charge is 0.307 e. The summed E-state index contributed by atoms with van der Waals surface area (Å²) in [6, 6.07) is 11.6. The SMILES string of the molecule is [C-]#[N+]C1=C[C@]2(C)C3=CC(=O)C(C#N)=C[C@]3(C#Cc3ccccc3)CC[C@H]2C(C)(C)C1=O. The molecule has 0 amide bonds. The van der Waals surface area contributed by atoms with Crippen LogP contribution in [0.2, 0.25) is 0 Å². The molecule has 1 aromatic rings. The zero-order chi connectivity index (χ0) is 22.4. The summed E-state index contributed by atoms with van der Waals surface area (Å²) in [5, 5.41) is 9.53. The van der Waals surface area contributed by atoms with E-state index in [1.54, 1.807) is 12.2 Å². The Balaban J connectivity index is 1.96. The number of hydrogen-bond donors (Lipinski definition) is 0. The van der Waals surface area contributed by atoms with E-state index in [9.17, 15) is 14.9 Å². The van der Waals surface area contributed by atoms with Gasteiger partial charge < -0.3 is 4.79 Å². The number of ketones is 2. The molecule has 4 rings (SSSR count). The fourth-order valence-electron chi connectivity index (χ4n) is 5.60. The molecule has 0 spiro atoms. The number of nitrogens with zero attached hydrogens (tertiary/aromatic N) is 2. The first kappa shape index (κ1) is 20.6. The summed E-state index contributed by atoms with van der Waals surface area (Å²) >= 11 is 0. The average molecular weight is 406 g/mol. The molecule has 4 heteroatoms. The quantitative estimate of drug-likeness (QED) is 0.459. The Hall–Kier alpha value is -3.68. The lowest BCUT2D eigenvalue weighted by Gasteiger charge is -2.56. The van der Waals surface area contributed by atoms with Crippen LogP contribution in [-0.4, -0.2) is 11.6 Å². The van der Waals surface area contributed by atoms with Crippen LogP contribution in [0.1, 0.15) is 39.2 Å². The third-order valence-electron chi connectivity index (χ3n) is 7.11. The molecule has 0 bridgehead atoms. The molecule has 3 aliphatic carbocycles. The summed E-state index contributed by atoms with van der Waals surface area (Å²) in [5.74, 6) is 6.04. The van der Waals surface area contributed by atoms with Gasteiger partial charge in [0.2, 0.25) is 5.70 Å². The first-order chi connectivity index (χ1) is 14.7. The first-order valence-electron chi connectivity index (χ1n) is 10.3. The van der Waals surface area contributed by atoms with Gasteiger partial charge in [0.05, 0.1) is 17.6 Å². The summed E-state index contributed by atoms with van der Waals surface area (Å²) in [6.45, 7) is 13.3. The van der Waals surface area contributed by atoms with Gasteiger partial charge in [0.25, 0.3) is 0 Å². The van der Waals surface area contributed by atoms with E-state index in [-0.39, 0.29) is 28.8 Å². The Morgan fingerprint density at radius 3 is 2.48 bits per heavy atom. The lowest BCUT2D eigenvalue weighted by molar-refractivity contribution is -0.130. The van der Waals surface area contributed by atoms with Gasteiger partial charge in [-0.25, -0.2) is 4.85 Å². The number of benzene rings is 1. The van der Waals surface area contributed by atoms with Crippen molar-refractivity contribution in [3.8, 4) is 17.9 Å². The molecule has 1 aromatic carbocycles. The number of rotatable bonds is 0. The van der Waals surface area contributed by atoms with Gasteiger partial charge in [-0.15, -0.1) is 0 Å². The van der Waals surface area contributed by atoms with E-state index < -0.39 is 16.2 Å². The molecule has 1 saturated carbocycles. The van der Waals surface area contributed by atoms with Crippen LogP contribution in [0.5, 0.6) is 0 Å². The molecule has 0 saturated heterocycles. The molecule has 1 fully saturated rings. The van der Waals surface area contributed by atoms with E-state index >= 15 is 0 Å². The van der Waals surface area contributed by atoms with Gasteiger partial charge in [-0.3, -0.25) is 4.79 Å². The van der Waals surface area contributed by atoms with E-state index in [1.807, 2.05) is 57.2 Å². The highest BCUT2D eigenvalue weighted by Crippen LogP contribution is 2.63. The molecule has 3 aliphatic rings. The van der Waals surface area contributed by atoms with Crippen molar-refractivity contribution in [1.29, 1.82) is 5.26 Å². The van der Waals surface area contributed by atoms with Gasteiger partial charge in [-0.05, 0) is 48.6 Å². The predicted octanol–water partition coefficient (Wildman–Crippen LogP) is 4.81. The topological polar surface area (TPSA) is 62.3 Å². The molecule has 0 aromatic heterocycles. The molecule has 3 atom stereocenters. The summed E-state index contributed by atoms with van der Waals surface area (Å²) < 4.78 is 0. The van der Waals surface area contributed by atoms with Crippen molar-refractivity contribution < 1.29 is 9.59 Å². The van der Waals surface area contributed by atoms with Crippen LogP contribution in [0.3, 0.4) is 0 Å². The van der Waals surface area contributed by atoms with E-state index in [2.05, 4.69) is 16.7 Å². The zero-order valence-corrected chi connectivity index (χ0v) is 17.8. The summed E-state index contributed by atoms with van der Waals surface area (Å²) in [7, 11) is 0. The Labute approximate surface area is 182 Å². The Kier molecular flexibility index (Phi) is 4.61. The van der Waals surface area contributed by atoms with Crippen LogP contribution >= 0.6 is 0 Å². The molecule has 0 N–H and O–H groups in total. The number of carbonyl (C=O) groups is 2. The lowest BCUT2D eigenvalue weighted by atomic mass is 9.46. The minimum absolute atomic E-state index is 0.0688. The van der Waals surface area contributed by atoms with E-state index in [4.69, 9.17) is 6.57 Å². The second-order valence-electron chi connectivity index (χ2n) is 9.25. The lowest BCUT2D eigenvalue weighted by Crippen LogP contribution is -2.53. The van der Waals surface area contributed by atoms with Crippen molar-refractivity contribution >= 4 is 11.6 Å². The van der Waals surface area contributed by atoms with Crippen molar-refractivity contribution in [3.63, 3.8) is 0 Å². The van der Waals surface area contributed by atoms with Crippen molar-refractivity contribution in [1.82, 2.24) is 0 Å². The molecular weight excluding hydrogens is 384 g/mol. The van der Waals surface area contributed by atoms with Crippen LogP contribution in [0.15, 0.2) is 65.4 Å². The number of allylic oxidation sites excluding steroid dienone is 6. The van der Waals surface area contributed by atoms with Gasteiger partial charge in [0.1, 0.15) is 6.07 Å². The van der Waals surface area contributed by atoms with Gasteiger partial charge in [-0.1, -0.05) is 56.9 Å². The fourth-order valence-corrected chi connectivity index (χ4v) is 5.60. The predicted molar refractivity (Wildman–Crippen MR) is 117 cm³/mol. The summed E-state index contributed by atoms with van der Waals surface area (Å²) in [5.41, 5.74) is -0.373. The maximum Gasteiger partial charge on any atom is 0.226 e. The van der Waals surface area contributed by atoms with E-state index in [1.165, 1.54) is 6.08 Å². The monoisotopic (exact) mass is 406 g/mol. The maximum absolute atomic E-state index is 12.9. The van der Waals surface area contributed by atoms with Crippen molar-refractivity contribution in [3.05, 3.63) is 82.4 Å². The number of fused-ring (bicyclic) bond motifs is 3. The van der Waals surface area contributed by atoms with Gasteiger partial charge >= 0.3 is 0 Å². The van der Waals surface area contributed by atoms with Gasteiger partial charge in [-0.2, -0.15) is 5.26 Å². The number of Topliss-reactive ketones (excluding diaryl/α,β-unsaturated/α-hetero) is 1. The number of nitriles is 1. The highest BCUT2D eigenvalue weighted by Gasteiger charge is 2.59. The molecule has 4 nitrogen and oxygen atoms in total. The number of hydrogen-bond acceptors (Lipinski definition) is 3. The minimum atomic E-state index is -0.791. The smallest absolute Gasteiger partial charge is 0.226 e. The van der Waals surface area contributed by atoms with E-state index in [0.717, 1.165) is 11.1 Å². The highest BCUT2D eigenvalue weighted by atomic mass is 16.1. The normalized spacial score (nSPS) is 30.7. The first-order valence-corrected chi connectivity index (χ1v) is 10.3. The van der Waals surface area contributed by atoms with Crippen LogP contribution in [0.4, 0.5) is 0 Å². The summed E-state index contributed by atoms with van der Waals surface area (Å²) in [4.78, 5) is 29.2. The van der Waals surface area contributed by atoms with Crippen molar-refractivity contribution in [2.75, 3.05) is 0 Å². The third-order valence-corrected chi connectivity index (χ3v) is 7.11. The van der Waals surface area contributed by atoms with Crippen LogP contribution in [0.25, 0.3) is 4.85 Å². The average Bonchev–Trinajstić information content (AvgIpc) is 2.76. The fraction of sp³-hybridized carbons (Fsp3) is 0.333. The number of carbonyl (C=O) groups excluding carboxylic acids is 2. The van der Waals surface area contributed by atoms with Crippen molar-refractivity contribution in [2.45, 2.75) is 33.6 Å². The second kappa shape index (κ2) is 6.94. The Morgan fingerprint density at radius 1 is 1.13 bits per heavy atom. The molecular formula is C27H22N2O2. The van der Waals surface area contributed by atoms with Crippen LogP contribution in [-0.2, 0) is 9.59 Å². The van der Waals surface area contributed by atoms with Crippen molar-refractivity contribution in [2.24, 2.45) is 22.2 Å². The molecule has 152 valence electrons. The molecule has 31 heavy (non-hydrogen) atoms. The second-order valence-corrected chi connectivity index (χ2v) is 9.25. The van der Waals surface area contributed by atoms with E-state index in [0.29, 0.717) is 12.8 Å². The molecule has 0 aliphatic heterocycles. The standard InChI is InChI=1S/C27H22N2O2/c1-25(2)22-11-13-27(12-10-18-8-6-5-7-9-18)15-19(17-28)21(30)14-23(27)26(22,3)16-20(29-4)24(25)31/h5-9,14-16,22H,11,13H2,1-3H3/t22-,26-,27-/m0/s1. The third kappa shape index (κ3) is 2.98. The van der Waals surface area contributed by atoms with Crippen LogP contribution in [0, 0.1) is 51.9 Å². The summed E-state index contributed by atoms with van der Waals surface area (Å²) in [6.07, 6.45) is 6.28. The highest BCUT2D eigenvalue weighted by molar-refractivity contribution is 6.09. The van der Waals surface area contributed by atoms with Crippen LogP contribution < -0.4 is 0 Å². The molecule has 0 unspecified atom stereocenters. The Bertz CT molecular complexity index is 1240. The molecule has 0 radical (unpaired) electrons. The maximum atomic E-state index is 12.9. The minimum Gasteiger partial charge on any atom is -0.307 e.